The normalized spacial score (nSPS) is 11.2. The first-order valence-corrected chi connectivity index (χ1v) is 11.1. The van der Waals surface area contributed by atoms with Gasteiger partial charge in [-0.25, -0.2) is 9.59 Å². The van der Waals surface area contributed by atoms with Crippen LogP contribution >= 0.6 is 0 Å². The number of aliphatic carboxylic acids is 1. The smallest absolute Gasteiger partial charge is 0.475 e. The number of fused-ring (bicyclic) bond motifs is 1. The fourth-order valence-corrected chi connectivity index (χ4v) is 3.70. The molecular weight excluding hydrogens is 487 g/mol. The van der Waals surface area contributed by atoms with Gasteiger partial charge in [-0.05, 0) is 40.5 Å². The molecule has 4 aromatic rings. The van der Waals surface area contributed by atoms with Crippen LogP contribution in [0.4, 0.5) is 13.2 Å². The van der Waals surface area contributed by atoms with Crippen molar-refractivity contribution in [2.75, 3.05) is 6.61 Å². The monoisotopic (exact) mass is 511 g/mol. The minimum atomic E-state index is -5.08. The van der Waals surface area contributed by atoms with Crippen molar-refractivity contribution in [1.29, 1.82) is 0 Å². The van der Waals surface area contributed by atoms with Crippen molar-refractivity contribution in [2.24, 2.45) is 10.9 Å². The second kappa shape index (κ2) is 11.9. The molecule has 0 atom stereocenters. The van der Waals surface area contributed by atoms with E-state index in [0.717, 1.165) is 16.7 Å². The number of esters is 1. The summed E-state index contributed by atoms with van der Waals surface area (Å²) < 4.78 is 39.1. The Morgan fingerprint density at radius 1 is 1.05 bits per heavy atom. The molecule has 192 valence electrons. The van der Waals surface area contributed by atoms with E-state index in [-0.39, 0.29) is 5.97 Å². The maximum atomic E-state index is 12.6. The highest BCUT2D eigenvalue weighted by molar-refractivity contribution is 5.98. The molecule has 0 saturated heterocycles. The predicted octanol–water partition coefficient (Wildman–Crippen LogP) is 5.46. The van der Waals surface area contributed by atoms with Crippen LogP contribution in [-0.2, 0) is 16.1 Å². The molecule has 0 unspecified atom stereocenters. The zero-order valence-corrected chi connectivity index (χ0v) is 19.8. The summed E-state index contributed by atoms with van der Waals surface area (Å²) in [6, 6.07) is 22.3. The third-order valence-electron chi connectivity index (χ3n) is 5.27. The minimum Gasteiger partial charge on any atom is -0.475 e. The number of hydrogen-bond donors (Lipinski definition) is 2. The number of benzene rings is 3. The van der Waals surface area contributed by atoms with Gasteiger partial charge in [0.15, 0.2) is 0 Å². The van der Waals surface area contributed by atoms with E-state index in [1.54, 1.807) is 6.21 Å². The molecule has 0 spiro atoms. The first-order valence-electron chi connectivity index (χ1n) is 11.1. The van der Waals surface area contributed by atoms with E-state index < -0.39 is 12.1 Å². The van der Waals surface area contributed by atoms with Gasteiger partial charge in [-0.2, -0.15) is 18.3 Å². The number of rotatable bonds is 6. The Morgan fingerprint density at radius 3 is 2.41 bits per heavy atom. The minimum absolute atomic E-state index is 0.326. The maximum Gasteiger partial charge on any atom is 0.490 e. The third-order valence-corrected chi connectivity index (χ3v) is 5.27. The average Bonchev–Trinajstić information content (AvgIpc) is 3.29. The summed E-state index contributed by atoms with van der Waals surface area (Å²) in [6.07, 6.45) is 0.353. The number of carbonyl (C=O) groups is 2. The van der Waals surface area contributed by atoms with Crippen molar-refractivity contribution >= 4 is 28.9 Å². The van der Waals surface area contributed by atoms with Crippen LogP contribution in [0, 0.1) is 0 Å². The van der Waals surface area contributed by atoms with Gasteiger partial charge >= 0.3 is 18.1 Å². The van der Waals surface area contributed by atoms with E-state index in [9.17, 15) is 18.0 Å². The van der Waals surface area contributed by atoms with Crippen LogP contribution in [0.5, 0.6) is 0 Å². The molecule has 0 aliphatic heterocycles. The zero-order chi connectivity index (χ0) is 27.0. The highest BCUT2D eigenvalue weighted by Crippen LogP contribution is 2.28. The fourth-order valence-electron chi connectivity index (χ4n) is 3.70. The first kappa shape index (κ1) is 27.0. The molecule has 0 aliphatic carbocycles. The second-order valence-corrected chi connectivity index (χ2v) is 7.82. The van der Waals surface area contributed by atoms with Gasteiger partial charge in [-0.3, -0.25) is 0 Å². The fraction of sp³-hybridized carbons (Fsp3) is 0.148. The van der Waals surface area contributed by atoms with Crippen molar-refractivity contribution in [3.05, 3.63) is 95.8 Å². The molecule has 0 aliphatic rings. The number of halogens is 3. The van der Waals surface area contributed by atoms with Crippen LogP contribution in [0.3, 0.4) is 0 Å². The number of aromatic nitrogens is 1. The summed E-state index contributed by atoms with van der Waals surface area (Å²) in [5, 5.41) is 13.1. The number of carbonyl (C=O) groups excluding carboxylic acids is 1. The van der Waals surface area contributed by atoms with Gasteiger partial charge < -0.3 is 20.3 Å². The summed E-state index contributed by atoms with van der Waals surface area (Å²) in [7, 11) is 0. The molecule has 3 N–H and O–H groups in total. The second-order valence-electron chi connectivity index (χ2n) is 7.82. The predicted molar refractivity (Wildman–Crippen MR) is 134 cm³/mol. The summed E-state index contributed by atoms with van der Waals surface area (Å²) in [6.45, 7) is 2.79. The van der Waals surface area contributed by atoms with Gasteiger partial charge in [0.05, 0.1) is 18.4 Å². The quantitative estimate of drug-likeness (QED) is 0.155. The number of nitrogens with two attached hydrogens (primary N) is 1. The van der Waals surface area contributed by atoms with Gasteiger partial charge in [-0.15, -0.1) is 0 Å². The molecule has 0 radical (unpaired) electrons. The van der Waals surface area contributed by atoms with Crippen molar-refractivity contribution in [2.45, 2.75) is 19.6 Å². The van der Waals surface area contributed by atoms with E-state index in [2.05, 4.69) is 35.4 Å². The van der Waals surface area contributed by atoms with E-state index in [4.69, 9.17) is 20.5 Å². The highest BCUT2D eigenvalue weighted by atomic mass is 19.4. The van der Waals surface area contributed by atoms with Gasteiger partial charge in [0.25, 0.3) is 0 Å². The van der Waals surface area contributed by atoms with Crippen molar-refractivity contribution in [3.8, 4) is 11.1 Å². The van der Waals surface area contributed by atoms with Gasteiger partial charge in [-0.1, -0.05) is 60.7 Å². The molecule has 7 nitrogen and oxygen atoms in total. The largest absolute Gasteiger partial charge is 0.490 e. The molecule has 1 heterocycles. The lowest BCUT2D eigenvalue weighted by atomic mass is 10.0. The topological polar surface area (TPSA) is 107 Å². The van der Waals surface area contributed by atoms with Crippen molar-refractivity contribution < 1.29 is 32.6 Å². The van der Waals surface area contributed by atoms with Gasteiger partial charge in [0.2, 0.25) is 0 Å². The van der Waals surface area contributed by atoms with Crippen LogP contribution < -0.4 is 5.84 Å². The molecule has 0 saturated carbocycles. The van der Waals surface area contributed by atoms with Gasteiger partial charge in [0, 0.05) is 24.5 Å². The van der Waals surface area contributed by atoms with Crippen LogP contribution in [-0.4, -0.2) is 40.6 Å². The van der Waals surface area contributed by atoms with Crippen molar-refractivity contribution in [1.82, 2.24) is 4.57 Å². The number of carboxylic acids is 1. The molecule has 37 heavy (non-hydrogen) atoms. The Bertz CT molecular complexity index is 1420. The highest BCUT2D eigenvalue weighted by Gasteiger charge is 2.38. The van der Waals surface area contributed by atoms with Crippen LogP contribution in [0.25, 0.3) is 21.9 Å². The van der Waals surface area contributed by atoms with Gasteiger partial charge in [0.1, 0.15) is 0 Å². The summed E-state index contributed by atoms with van der Waals surface area (Å²) in [5.41, 5.74) is 4.33. The Labute approximate surface area is 210 Å². The number of carboxylic acid groups (broad SMARTS) is 1. The molecule has 10 heteroatoms. The Morgan fingerprint density at radius 2 is 1.73 bits per heavy atom. The molecule has 0 fully saturated rings. The first-order chi connectivity index (χ1) is 17.6. The number of hydrogen-bond acceptors (Lipinski definition) is 5. The SMILES string of the molecule is CCOC(=O)c1cn(Cc2cccc3ccccc23)cc1-c1cccc(C=NN)c1.O=C(O)C(F)(F)F. The lowest BCUT2D eigenvalue weighted by molar-refractivity contribution is -0.192. The molecule has 3 aromatic carbocycles. The maximum absolute atomic E-state index is 12.6. The molecule has 1 aromatic heterocycles. The van der Waals surface area contributed by atoms with E-state index in [1.165, 1.54) is 16.3 Å². The Hall–Kier alpha value is -4.60. The van der Waals surface area contributed by atoms with E-state index in [0.29, 0.717) is 18.7 Å². The average molecular weight is 512 g/mol. The Balaban J connectivity index is 0.000000479. The Kier molecular flexibility index (Phi) is 8.68. The number of hydrazone groups is 1. The van der Waals surface area contributed by atoms with Crippen molar-refractivity contribution in [3.63, 3.8) is 0 Å². The van der Waals surface area contributed by atoms with E-state index >= 15 is 0 Å². The standard InChI is InChI=1S/C25H23N3O2.C2HF3O2/c1-2-30-25(29)24-17-28(15-21-11-6-9-19-8-3-4-12-22(19)21)16-23(24)20-10-5-7-18(13-20)14-27-26;3-2(4,5)1(6)7/h3-14,16-17H,2,15,26H2,1H3;(H,6,7). The number of nitrogens with zero attached hydrogens (tertiary/aromatic N) is 2. The molecule has 4 rings (SSSR count). The van der Waals surface area contributed by atoms with E-state index in [1.807, 2.05) is 60.3 Å². The lowest BCUT2D eigenvalue weighted by Gasteiger charge is -2.07. The number of ether oxygens (including phenoxy) is 1. The molecule has 0 amide bonds. The van der Waals surface area contributed by atoms with Crippen LogP contribution in [0.15, 0.2) is 84.2 Å². The third kappa shape index (κ3) is 6.97. The zero-order valence-electron chi connectivity index (χ0n) is 19.8. The molecule has 0 bridgehead atoms. The number of alkyl halides is 3. The summed E-state index contributed by atoms with van der Waals surface area (Å²) in [5.74, 6) is 2.21. The lowest BCUT2D eigenvalue weighted by Crippen LogP contribution is -2.21. The van der Waals surface area contributed by atoms with Crippen LogP contribution in [0.1, 0.15) is 28.4 Å². The van der Waals surface area contributed by atoms with Crippen LogP contribution in [0.2, 0.25) is 0 Å². The molecular formula is C27H24F3N3O4. The summed E-state index contributed by atoms with van der Waals surface area (Å²) in [4.78, 5) is 21.5. The summed E-state index contributed by atoms with van der Waals surface area (Å²) >= 11 is 0.